The summed E-state index contributed by atoms with van der Waals surface area (Å²) in [6, 6.07) is 6.28. The molecule has 1 heterocycles. The first-order valence-corrected chi connectivity index (χ1v) is 7.50. The van der Waals surface area contributed by atoms with Crippen molar-refractivity contribution in [1.82, 2.24) is 10.2 Å². The van der Waals surface area contributed by atoms with E-state index in [2.05, 4.69) is 5.32 Å². The minimum atomic E-state index is -0.537. The number of esters is 1. The third-order valence-corrected chi connectivity index (χ3v) is 3.90. The number of hydrogen-bond donors (Lipinski definition) is 1. The molecule has 0 unspecified atom stereocenters. The highest BCUT2D eigenvalue weighted by Gasteiger charge is 2.35. The Kier molecular flexibility index (Phi) is 5.08. The van der Waals surface area contributed by atoms with Crippen molar-refractivity contribution in [3.63, 3.8) is 0 Å². The number of halogens is 1. The minimum absolute atomic E-state index is 0.216. The van der Waals surface area contributed by atoms with Crippen LogP contribution >= 0.6 is 11.6 Å². The van der Waals surface area contributed by atoms with Crippen molar-refractivity contribution in [2.45, 2.75) is 26.3 Å². The fraction of sp³-hybridized carbons (Fsp3) is 0.375. The molecule has 0 bridgehead atoms. The average molecular weight is 323 g/mol. The molecule has 1 aromatic rings. The predicted molar refractivity (Wildman–Crippen MR) is 84.4 cm³/mol. The third-order valence-electron chi connectivity index (χ3n) is 3.65. The van der Waals surface area contributed by atoms with Crippen LogP contribution in [0.15, 0.2) is 35.5 Å². The van der Waals surface area contributed by atoms with Crippen LogP contribution in [0, 0.1) is 0 Å². The number of carbonyl (C=O) groups excluding carboxylic acids is 2. The van der Waals surface area contributed by atoms with Gasteiger partial charge in [-0.15, -0.1) is 0 Å². The number of nitrogens with zero attached hydrogens (tertiary/aromatic N) is 1. The molecule has 2 rings (SSSR count). The van der Waals surface area contributed by atoms with E-state index in [9.17, 15) is 9.59 Å². The van der Waals surface area contributed by atoms with Gasteiger partial charge in [-0.1, -0.05) is 30.7 Å². The van der Waals surface area contributed by atoms with E-state index in [1.807, 2.05) is 6.92 Å². The predicted octanol–water partition coefficient (Wildman–Crippen LogP) is 3.26. The molecule has 1 aliphatic heterocycles. The molecule has 1 aromatic carbocycles. The highest BCUT2D eigenvalue weighted by molar-refractivity contribution is 6.30. The first-order valence-electron chi connectivity index (χ1n) is 7.12. The topological polar surface area (TPSA) is 58.6 Å². The standard InChI is InChI=1S/C16H19ClN2O3/c1-4-9-19-10(2)13(15(20)22-3)14(18-16(19)21)11-5-7-12(17)8-6-11/h5-8,14H,4,9H2,1-3H3,(H,18,21)/t14-/m1/s1. The molecule has 0 saturated carbocycles. The summed E-state index contributed by atoms with van der Waals surface area (Å²) in [5.74, 6) is -0.446. The van der Waals surface area contributed by atoms with Crippen molar-refractivity contribution < 1.29 is 14.3 Å². The molecule has 0 radical (unpaired) electrons. The van der Waals surface area contributed by atoms with Gasteiger partial charge >= 0.3 is 12.0 Å². The SMILES string of the molecule is CCCN1C(=O)N[C@H](c2ccc(Cl)cc2)C(C(=O)OC)=C1C. The molecule has 1 aliphatic rings. The fourth-order valence-electron chi connectivity index (χ4n) is 2.55. The van der Waals surface area contributed by atoms with E-state index in [4.69, 9.17) is 16.3 Å². The second-order valence-electron chi connectivity index (χ2n) is 5.08. The Labute approximate surface area is 134 Å². The van der Waals surface area contributed by atoms with Gasteiger partial charge in [0, 0.05) is 17.3 Å². The summed E-state index contributed by atoms with van der Waals surface area (Å²) in [5.41, 5.74) is 1.85. The zero-order valence-corrected chi connectivity index (χ0v) is 13.6. The molecule has 5 nitrogen and oxygen atoms in total. The molecule has 22 heavy (non-hydrogen) atoms. The lowest BCUT2D eigenvalue weighted by atomic mass is 9.95. The van der Waals surface area contributed by atoms with E-state index >= 15 is 0 Å². The van der Waals surface area contributed by atoms with E-state index in [1.54, 1.807) is 36.1 Å². The Bertz CT molecular complexity index is 610. The first-order chi connectivity index (χ1) is 10.5. The number of benzene rings is 1. The van der Waals surface area contributed by atoms with Crippen molar-refractivity contribution in [3.8, 4) is 0 Å². The highest BCUT2D eigenvalue weighted by atomic mass is 35.5. The second-order valence-corrected chi connectivity index (χ2v) is 5.51. The maximum absolute atomic E-state index is 12.3. The van der Waals surface area contributed by atoms with Gasteiger partial charge in [0.05, 0.1) is 18.7 Å². The number of hydrogen-bond acceptors (Lipinski definition) is 3. The Morgan fingerprint density at radius 2 is 2.00 bits per heavy atom. The molecule has 118 valence electrons. The minimum Gasteiger partial charge on any atom is -0.466 e. The number of ether oxygens (including phenoxy) is 1. The van der Waals surface area contributed by atoms with Crippen LogP contribution in [-0.2, 0) is 9.53 Å². The summed E-state index contributed by atoms with van der Waals surface area (Å²) >= 11 is 5.90. The summed E-state index contributed by atoms with van der Waals surface area (Å²) in [6.45, 7) is 4.29. The number of amides is 2. The van der Waals surface area contributed by atoms with Gasteiger partial charge < -0.3 is 10.1 Å². The number of rotatable bonds is 4. The Morgan fingerprint density at radius 3 is 2.55 bits per heavy atom. The van der Waals surface area contributed by atoms with Crippen LogP contribution in [0.2, 0.25) is 5.02 Å². The Balaban J connectivity index is 2.50. The van der Waals surface area contributed by atoms with Crippen molar-refractivity contribution in [1.29, 1.82) is 0 Å². The number of allylic oxidation sites excluding steroid dienone is 1. The van der Waals surface area contributed by atoms with Crippen molar-refractivity contribution in [2.75, 3.05) is 13.7 Å². The maximum Gasteiger partial charge on any atom is 0.337 e. The van der Waals surface area contributed by atoms with Gasteiger partial charge in [-0.2, -0.15) is 0 Å². The average Bonchev–Trinajstić information content (AvgIpc) is 2.51. The third kappa shape index (κ3) is 3.09. The van der Waals surface area contributed by atoms with E-state index in [0.717, 1.165) is 12.0 Å². The number of methoxy groups -OCH3 is 1. The summed E-state index contributed by atoms with van der Waals surface area (Å²) < 4.78 is 4.90. The van der Waals surface area contributed by atoms with Crippen LogP contribution in [0.5, 0.6) is 0 Å². The van der Waals surface area contributed by atoms with Crippen LogP contribution in [0.4, 0.5) is 4.79 Å². The monoisotopic (exact) mass is 322 g/mol. The van der Waals surface area contributed by atoms with Crippen LogP contribution in [0.3, 0.4) is 0 Å². The first kappa shape index (κ1) is 16.4. The van der Waals surface area contributed by atoms with Gasteiger partial charge in [0.1, 0.15) is 0 Å². The molecule has 6 heteroatoms. The van der Waals surface area contributed by atoms with Crippen LogP contribution in [0.1, 0.15) is 31.9 Å². The van der Waals surface area contributed by atoms with E-state index in [0.29, 0.717) is 22.8 Å². The van der Waals surface area contributed by atoms with Crippen LogP contribution in [-0.4, -0.2) is 30.6 Å². The summed E-state index contributed by atoms with van der Waals surface area (Å²) in [6.07, 6.45) is 0.796. The molecule has 0 aliphatic carbocycles. The molecule has 0 fully saturated rings. The van der Waals surface area contributed by atoms with Gasteiger partial charge in [-0.3, -0.25) is 4.90 Å². The van der Waals surface area contributed by atoms with Crippen molar-refractivity contribution in [3.05, 3.63) is 46.1 Å². The van der Waals surface area contributed by atoms with Gasteiger partial charge in [-0.25, -0.2) is 9.59 Å². The normalized spacial score (nSPS) is 18.3. The molecule has 0 spiro atoms. The van der Waals surface area contributed by atoms with E-state index in [1.165, 1.54) is 7.11 Å². The zero-order chi connectivity index (χ0) is 16.3. The largest absolute Gasteiger partial charge is 0.466 e. The lowest BCUT2D eigenvalue weighted by molar-refractivity contribution is -0.136. The van der Waals surface area contributed by atoms with Crippen LogP contribution < -0.4 is 5.32 Å². The van der Waals surface area contributed by atoms with E-state index < -0.39 is 12.0 Å². The fourth-order valence-corrected chi connectivity index (χ4v) is 2.68. The van der Waals surface area contributed by atoms with Gasteiger partial charge in [-0.05, 0) is 31.0 Å². The molecule has 1 N–H and O–H groups in total. The zero-order valence-electron chi connectivity index (χ0n) is 12.9. The lowest BCUT2D eigenvalue weighted by Crippen LogP contribution is -2.48. The van der Waals surface area contributed by atoms with Gasteiger partial charge in [0.2, 0.25) is 0 Å². The van der Waals surface area contributed by atoms with Gasteiger partial charge in [0.25, 0.3) is 0 Å². The summed E-state index contributed by atoms with van der Waals surface area (Å²) in [4.78, 5) is 26.1. The molecule has 2 amide bonds. The quantitative estimate of drug-likeness (QED) is 0.866. The Hall–Kier alpha value is -2.01. The van der Waals surface area contributed by atoms with Crippen LogP contribution in [0.25, 0.3) is 0 Å². The molecular formula is C16H19ClN2O3. The summed E-state index contributed by atoms with van der Waals surface area (Å²) in [5, 5.41) is 3.46. The van der Waals surface area contributed by atoms with Crippen molar-refractivity contribution >= 4 is 23.6 Å². The molecule has 1 atom stereocenters. The smallest absolute Gasteiger partial charge is 0.337 e. The number of urea groups is 1. The Morgan fingerprint density at radius 1 is 1.36 bits per heavy atom. The maximum atomic E-state index is 12.3. The molecular weight excluding hydrogens is 304 g/mol. The lowest BCUT2D eigenvalue weighted by Gasteiger charge is -2.35. The highest BCUT2D eigenvalue weighted by Crippen LogP contribution is 2.31. The number of nitrogens with one attached hydrogen (secondary N) is 1. The molecule has 0 saturated heterocycles. The molecule has 0 aromatic heterocycles. The van der Waals surface area contributed by atoms with Crippen molar-refractivity contribution in [2.24, 2.45) is 0 Å². The van der Waals surface area contributed by atoms with E-state index in [-0.39, 0.29) is 6.03 Å². The summed E-state index contributed by atoms with van der Waals surface area (Å²) in [7, 11) is 1.34. The second kappa shape index (κ2) is 6.83. The number of carbonyl (C=O) groups is 2. The van der Waals surface area contributed by atoms with Gasteiger partial charge in [0.15, 0.2) is 0 Å².